The zero-order valence-corrected chi connectivity index (χ0v) is 20.6. The Morgan fingerprint density at radius 2 is 1.59 bits per heavy atom. The standard InChI is InChI=1S/C22H27N3O7S2/c1-16(25(33(2,27)28)18-7-10-20-21(15-18)32-14-13-31-20)22(26)23-17-5-8-19(9-6-17)34(29,30)24-11-3-4-12-24/h5-10,15-16H,3-4,11-14H2,1-2H3,(H,23,26)/t16-/m1/s1. The van der Waals surface area contributed by atoms with Gasteiger partial charge in [0.05, 0.1) is 16.8 Å². The fourth-order valence-electron chi connectivity index (χ4n) is 4.01. The second-order valence-corrected chi connectivity index (χ2v) is 12.0. The topological polar surface area (TPSA) is 122 Å². The first-order chi connectivity index (χ1) is 16.1. The first-order valence-electron chi connectivity index (χ1n) is 10.9. The minimum atomic E-state index is -3.83. The quantitative estimate of drug-likeness (QED) is 0.606. The number of sulfonamides is 2. The van der Waals surface area contributed by atoms with Crippen LogP contribution >= 0.6 is 0 Å². The molecular formula is C22H27N3O7S2. The normalized spacial score (nSPS) is 17.2. The van der Waals surface area contributed by atoms with Crippen LogP contribution in [0.4, 0.5) is 11.4 Å². The van der Waals surface area contributed by atoms with Crippen molar-refractivity contribution in [3.63, 3.8) is 0 Å². The molecule has 4 rings (SSSR count). The van der Waals surface area contributed by atoms with Crippen molar-refractivity contribution < 1.29 is 31.1 Å². The third-order valence-electron chi connectivity index (χ3n) is 5.69. The van der Waals surface area contributed by atoms with E-state index >= 15 is 0 Å². The molecule has 1 N–H and O–H groups in total. The van der Waals surface area contributed by atoms with Crippen molar-refractivity contribution >= 4 is 37.3 Å². The molecule has 2 aliphatic heterocycles. The van der Waals surface area contributed by atoms with E-state index in [2.05, 4.69) is 5.32 Å². The van der Waals surface area contributed by atoms with Crippen LogP contribution in [0.5, 0.6) is 11.5 Å². The highest BCUT2D eigenvalue weighted by Crippen LogP contribution is 2.35. The summed E-state index contributed by atoms with van der Waals surface area (Å²) < 4.78 is 64.0. The smallest absolute Gasteiger partial charge is 0.247 e. The van der Waals surface area contributed by atoms with Crippen molar-refractivity contribution in [1.82, 2.24) is 4.31 Å². The fourth-order valence-corrected chi connectivity index (χ4v) is 6.70. The van der Waals surface area contributed by atoms with Crippen LogP contribution in [0.3, 0.4) is 0 Å². The molecule has 2 heterocycles. The van der Waals surface area contributed by atoms with Crippen LogP contribution < -0.4 is 19.1 Å². The van der Waals surface area contributed by atoms with Gasteiger partial charge in [-0.1, -0.05) is 0 Å². The van der Waals surface area contributed by atoms with Crippen LogP contribution in [0.2, 0.25) is 0 Å². The maximum absolute atomic E-state index is 13.0. The number of anilines is 2. The molecule has 1 saturated heterocycles. The van der Waals surface area contributed by atoms with Crippen LogP contribution in [0.25, 0.3) is 0 Å². The molecule has 0 radical (unpaired) electrons. The van der Waals surface area contributed by atoms with E-state index in [-0.39, 0.29) is 10.6 Å². The van der Waals surface area contributed by atoms with Gasteiger partial charge >= 0.3 is 0 Å². The Labute approximate surface area is 199 Å². The molecule has 2 aromatic carbocycles. The Balaban J connectivity index is 1.52. The summed E-state index contributed by atoms with van der Waals surface area (Å²) in [5.41, 5.74) is 0.620. The van der Waals surface area contributed by atoms with Gasteiger partial charge < -0.3 is 14.8 Å². The molecule has 34 heavy (non-hydrogen) atoms. The van der Waals surface area contributed by atoms with E-state index in [1.54, 1.807) is 12.1 Å². The van der Waals surface area contributed by atoms with Gasteiger partial charge in [0.25, 0.3) is 0 Å². The van der Waals surface area contributed by atoms with Crippen LogP contribution in [0, 0.1) is 0 Å². The number of carbonyl (C=O) groups excluding carboxylic acids is 1. The summed E-state index contributed by atoms with van der Waals surface area (Å²) in [6.45, 7) is 3.21. The van der Waals surface area contributed by atoms with Crippen LogP contribution in [0.1, 0.15) is 19.8 Å². The van der Waals surface area contributed by atoms with Gasteiger partial charge in [-0.3, -0.25) is 9.10 Å². The SMILES string of the molecule is C[C@H](C(=O)Nc1ccc(S(=O)(=O)N2CCCC2)cc1)N(c1ccc2c(c1)OCCO2)S(C)(=O)=O. The highest BCUT2D eigenvalue weighted by Gasteiger charge is 2.31. The van der Waals surface area contributed by atoms with E-state index < -0.39 is 32.0 Å². The maximum Gasteiger partial charge on any atom is 0.247 e. The number of ether oxygens (including phenoxy) is 2. The number of nitrogens with one attached hydrogen (secondary N) is 1. The fraction of sp³-hybridized carbons (Fsp3) is 0.409. The van der Waals surface area contributed by atoms with Crippen LogP contribution in [0.15, 0.2) is 47.4 Å². The highest BCUT2D eigenvalue weighted by atomic mass is 32.2. The molecule has 0 unspecified atom stereocenters. The minimum Gasteiger partial charge on any atom is -0.486 e. The van der Waals surface area contributed by atoms with Gasteiger partial charge in [-0.15, -0.1) is 0 Å². The second kappa shape index (κ2) is 9.43. The van der Waals surface area contributed by atoms with E-state index in [0.717, 1.165) is 23.4 Å². The highest BCUT2D eigenvalue weighted by molar-refractivity contribution is 7.92. The van der Waals surface area contributed by atoms with Gasteiger partial charge in [0, 0.05) is 24.8 Å². The lowest BCUT2D eigenvalue weighted by Gasteiger charge is -2.29. The van der Waals surface area contributed by atoms with E-state index in [1.807, 2.05) is 0 Å². The molecule has 0 bridgehead atoms. The van der Waals surface area contributed by atoms with Gasteiger partial charge in [0.1, 0.15) is 19.3 Å². The van der Waals surface area contributed by atoms with Gasteiger partial charge in [-0.2, -0.15) is 4.31 Å². The maximum atomic E-state index is 13.0. The summed E-state index contributed by atoms with van der Waals surface area (Å²) in [4.78, 5) is 13.1. The van der Waals surface area contributed by atoms with E-state index in [4.69, 9.17) is 9.47 Å². The van der Waals surface area contributed by atoms with Crippen molar-refractivity contribution in [2.24, 2.45) is 0 Å². The summed E-state index contributed by atoms with van der Waals surface area (Å²) in [7, 11) is -7.39. The molecule has 1 amide bonds. The van der Waals surface area contributed by atoms with Gasteiger partial charge in [-0.25, -0.2) is 16.8 Å². The Hall–Kier alpha value is -2.83. The summed E-state index contributed by atoms with van der Waals surface area (Å²) in [5.74, 6) is 0.333. The number of rotatable bonds is 7. The molecule has 184 valence electrons. The molecule has 0 spiro atoms. The van der Waals surface area contributed by atoms with Crippen molar-refractivity contribution in [2.75, 3.05) is 42.2 Å². The van der Waals surface area contributed by atoms with Crippen LogP contribution in [-0.4, -0.2) is 65.6 Å². The lowest BCUT2D eigenvalue weighted by Crippen LogP contribution is -2.45. The van der Waals surface area contributed by atoms with Crippen molar-refractivity contribution in [3.05, 3.63) is 42.5 Å². The number of benzene rings is 2. The molecule has 1 fully saturated rings. The monoisotopic (exact) mass is 509 g/mol. The lowest BCUT2D eigenvalue weighted by atomic mass is 10.2. The number of fused-ring (bicyclic) bond motifs is 1. The zero-order valence-electron chi connectivity index (χ0n) is 18.9. The zero-order chi connectivity index (χ0) is 24.5. The third kappa shape index (κ3) is 4.98. The second-order valence-electron chi connectivity index (χ2n) is 8.19. The largest absolute Gasteiger partial charge is 0.486 e. The predicted molar refractivity (Wildman–Crippen MR) is 127 cm³/mol. The van der Waals surface area contributed by atoms with E-state index in [0.29, 0.717) is 43.5 Å². The third-order valence-corrected chi connectivity index (χ3v) is 8.85. The molecule has 0 saturated carbocycles. The Kier molecular flexibility index (Phi) is 6.74. The van der Waals surface area contributed by atoms with Gasteiger partial charge in [0.15, 0.2) is 11.5 Å². The number of hydrogen-bond donors (Lipinski definition) is 1. The van der Waals surface area contributed by atoms with E-state index in [1.165, 1.54) is 41.6 Å². The minimum absolute atomic E-state index is 0.148. The first-order valence-corrected chi connectivity index (χ1v) is 14.2. The summed E-state index contributed by atoms with van der Waals surface area (Å²) in [6, 6.07) is 9.43. The molecule has 0 aliphatic carbocycles. The Bertz CT molecular complexity index is 1270. The molecule has 10 nitrogen and oxygen atoms in total. The summed E-state index contributed by atoms with van der Waals surface area (Å²) in [5, 5.41) is 2.67. The average molecular weight is 510 g/mol. The molecule has 1 atom stereocenters. The van der Waals surface area contributed by atoms with Gasteiger partial charge in [-0.05, 0) is 56.2 Å². The Morgan fingerprint density at radius 1 is 0.971 bits per heavy atom. The van der Waals surface area contributed by atoms with E-state index in [9.17, 15) is 21.6 Å². The van der Waals surface area contributed by atoms with Crippen LogP contribution in [-0.2, 0) is 24.8 Å². The summed E-state index contributed by atoms with van der Waals surface area (Å²) >= 11 is 0. The predicted octanol–water partition coefficient (Wildman–Crippen LogP) is 2.04. The van der Waals surface area contributed by atoms with Crippen molar-refractivity contribution in [2.45, 2.75) is 30.7 Å². The molecular weight excluding hydrogens is 482 g/mol. The molecule has 12 heteroatoms. The average Bonchev–Trinajstić information content (AvgIpc) is 3.34. The Morgan fingerprint density at radius 3 is 2.21 bits per heavy atom. The number of nitrogens with zero attached hydrogens (tertiary/aromatic N) is 2. The lowest BCUT2D eigenvalue weighted by molar-refractivity contribution is -0.116. The number of carbonyl (C=O) groups is 1. The van der Waals surface area contributed by atoms with Crippen molar-refractivity contribution in [1.29, 1.82) is 0 Å². The van der Waals surface area contributed by atoms with Gasteiger partial charge in [0.2, 0.25) is 26.0 Å². The molecule has 2 aliphatic rings. The number of amides is 1. The molecule has 2 aromatic rings. The first kappa shape index (κ1) is 24.3. The molecule has 0 aromatic heterocycles. The summed E-state index contributed by atoms with van der Waals surface area (Å²) in [6.07, 6.45) is 2.70. The van der Waals surface area contributed by atoms with Crippen molar-refractivity contribution in [3.8, 4) is 11.5 Å². The number of hydrogen-bond acceptors (Lipinski definition) is 7.